The molecule has 1 aliphatic heterocycles. The molecule has 0 saturated heterocycles. The number of carboxylic acid groups (broad SMARTS) is 1. The first-order valence-corrected chi connectivity index (χ1v) is 11.1. The Morgan fingerprint density at radius 3 is 2.41 bits per heavy atom. The van der Waals surface area contributed by atoms with Gasteiger partial charge in [-0.05, 0) is 42.7 Å². The molecule has 1 amide bonds. The minimum absolute atomic E-state index is 0.0980. The summed E-state index contributed by atoms with van der Waals surface area (Å²) in [5, 5.41) is 9.90. The second kappa shape index (κ2) is 8.24. The van der Waals surface area contributed by atoms with Crippen LogP contribution in [0, 0.1) is 6.92 Å². The van der Waals surface area contributed by atoms with Crippen LogP contribution in [0.25, 0.3) is 10.4 Å². The average molecular weight is 450 g/mol. The third kappa shape index (κ3) is 3.69. The smallest absolute Gasteiger partial charge is 0.348 e. The van der Waals surface area contributed by atoms with E-state index < -0.39 is 11.9 Å². The first kappa shape index (κ1) is 21.8. The van der Waals surface area contributed by atoms with Crippen LogP contribution in [0.15, 0.2) is 48.5 Å². The summed E-state index contributed by atoms with van der Waals surface area (Å²) in [4.78, 5) is 40.0. The van der Waals surface area contributed by atoms with E-state index in [0.717, 1.165) is 32.9 Å². The molecule has 164 valence electrons. The number of carbonyl (C=O) groups excluding carboxylic acids is 2. The second-order valence-electron chi connectivity index (χ2n) is 8.02. The van der Waals surface area contributed by atoms with Crippen molar-refractivity contribution in [2.45, 2.75) is 39.7 Å². The Morgan fingerprint density at radius 1 is 1.09 bits per heavy atom. The predicted octanol–water partition coefficient (Wildman–Crippen LogP) is 5.50. The third-order valence-electron chi connectivity index (χ3n) is 5.81. The van der Waals surface area contributed by atoms with Crippen LogP contribution in [0.4, 0.5) is 5.69 Å². The Bertz CT molecular complexity index is 1230. The largest absolute Gasteiger partial charge is 0.477 e. The maximum atomic E-state index is 13.8. The number of benzene rings is 2. The van der Waals surface area contributed by atoms with Crippen molar-refractivity contribution >= 4 is 34.9 Å². The number of esters is 1. The van der Waals surface area contributed by atoms with E-state index in [4.69, 9.17) is 4.74 Å². The molecule has 2 heterocycles. The SMILES string of the molecule is CC(=O)Oc1cc(C)cc2c1C(=O)N(c1cc(-c3ccccc3)sc1C(=O)O)C(C)[C@@H]2C. The van der Waals surface area contributed by atoms with Crippen LogP contribution < -0.4 is 9.64 Å². The Hall–Kier alpha value is -3.45. The molecule has 7 heteroatoms. The van der Waals surface area contributed by atoms with Crippen LogP contribution in [0.5, 0.6) is 5.75 Å². The number of anilines is 1. The summed E-state index contributed by atoms with van der Waals surface area (Å²) in [5.74, 6) is -1.87. The molecule has 0 spiro atoms. The van der Waals surface area contributed by atoms with Crippen molar-refractivity contribution in [2.75, 3.05) is 4.90 Å². The summed E-state index contributed by atoms with van der Waals surface area (Å²) < 4.78 is 5.38. The molecule has 0 radical (unpaired) electrons. The quantitative estimate of drug-likeness (QED) is 0.420. The molecular weight excluding hydrogens is 426 g/mol. The van der Waals surface area contributed by atoms with Gasteiger partial charge >= 0.3 is 11.9 Å². The number of aryl methyl sites for hydroxylation is 1. The topological polar surface area (TPSA) is 83.9 Å². The first-order valence-electron chi connectivity index (χ1n) is 10.3. The highest BCUT2D eigenvalue weighted by molar-refractivity contribution is 7.18. The molecule has 0 bridgehead atoms. The van der Waals surface area contributed by atoms with Crippen molar-refractivity contribution in [3.05, 3.63) is 70.1 Å². The van der Waals surface area contributed by atoms with Gasteiger partial charge in [0.1, 0.15) is 10.6 Å². The Balaban J connectivity index is 1.90. The molecule has 32 heavy (non-hydrogen) atoms. The first-order chi connectivity index (χ1) is 15.2. The zero-order chi connectivity index (χ0) is 23.2. The molecule has 1 aliphatic rings. The molecule has 1 aromatic heterocycles. The summed E-state index contributed by atoms with van der Waals surface area (Å²) in [5.41, 5.74) is 3.22. The molecule has 4 rings (SSSR count). The molecule has 2 atom stereocenters. The molecule has 1 unspecified atom stereocenters. The fourth-order valence-corrected chi connectivity index (χ4v) is 5.17. The lowest BCUT2D eigenvalue weighted by Gasteiger charge is -2.39. The lowest BCUT2D eigenvalue weighted by molar-refractivity contribution is -0.131. The van der Waals surface area contributed by atoms with Crippen molar-refractivity contribution < 1.29 is 24.2 Å². The summed E-state index contributed by atoms with van der Waals surface area (Å²) in [6, 6.07) is 14.5. The normalized spacial score (nSPS) is 17.8. The molecule has 0 saturated carbocycles. The Labute approximate surface area is 190 Å². The van der Waals surface area contributed by atoms with Gasteiger partial charge in [-0.25, -0.2) is 4.79 Å². The fourth-order valence-electron chi connectivity index (χ4n) is 4.18. The number of amides is 1. The lowest BCUT2D eigenvalue weighted by Crippen LogP contribution is -2.46. The molecule has 3 aromatic rings. The maximum Gasteiger partial charge on any atom is 0.348 e. The number of aromatic carboxylic acids is 1. The van der Waals surface area contributed by atoms with Crippen molar-refractivity contribution in [1.82, 2.24) is 0 Å². The number of thiophene rings is 1. The van der Waals surface area contributed by atoms with Crippen LogP contribution >= 0.6 is 11.3 Å². The van der Waals surface area contributed by atoms with Gasteiger partial charge in [0.05, 0.1) is 11.3 Å². The third-order valence-corrected chi connectivity index (χ3v) is 6.97. The molecular formula is C25H23NO5S. The number of fused-ring (bicyclic) bond motifs is 1. The lowest BCUT2D eigenvalue weighted by atomic mass is 9.83. The minimum Gasteiger partial charge on any atom is -0.477 e. The van der Waals surface area contributed by atoms with Gasteiger partial charge in [0, 0.05) is 23.8 Å². The van der Waals surface area contributed by atoms with Gasteiger partial charge in [-0.3, -0.25) is 9.59 Å². The number of hydrogen-bond acceptors (Lipinski definition) is 5. The van der Waals surface area contributed by atoms with Crippen molar-refractivity contribution in [3.8, 4) is 16.2 Å². The fraction of sp³-hybridized carbons (Fsp3) is 0.240. The zero-order valence-electron chi connectivity index (χ0n) is 18.2. The van der Waals surface area contributed by atoms with E-state index in [1.54, 1.807) is 12.1 Å². The summed E-state index contributed by atoms with van der Waals surface area (Å²) >= 11 is 1.14. The Kier molecular flexibility index (Phi) is 5.60. The molecule has 0 aliphatic carbocycles. The molecule has 0 fully saturated rings. The summed E-state index contributed by atoms with van der Waals surface area (Å²) in [6.07, 6.45) is 0. The van der Waals surface area contributed by atoms with Crippen LogP contribution in [0.2, 0.25) is 0 Å². The van der Waals surface area contributed by atoms with E-state index in [0.29, 0.717) is 11.3 Å². The molecule has 1 N–H and O–H groups in total. The number of ether oxygens (including phenoxy) is 1. The van der Waals surface area contributed by atoms with Gasteiger partial charge in [0.25, 0.3) is 5.91 Å². The Morgan fingerprint density at radius 2 is 1.78 bits per heavy atom. The van der Waals surface area contributed by atoms with E-state index in [1.165, 1.54) is 11.8 Å². The summed E-state index contributed by atoms with van der Waals surface area (Å²) in [7, 11) is 0. The number of nitrogens with zero attached hydrogens (tertiary/aromatic N) is 1. The van der Waals surface area contributed by atoms with E-state index in [9.17, 15) is 19.5 Å². The second-order valence-corrected chi connectivity index (χ2v) is 9.07. The van der Waals surface area contributed by atoms with Gasteiger partial charge in [0.15, 0.2) is 0 Å². The summed E-state index contributed by atoms with van der Waals surface area (Å²) in [6.45, 7) is 7.07. The van der Waals surface area contributed by atoms with Crippen molar-refractivity contribution in [3.63, 3.8) is 0 Å². The van der Waals surface area contributed by atoms with Crippen molar-refractivity contribution in [1.29, 1.82) is 0 Å². The van der Waals surface area contributed by atoms with Gasteiger partial charge in [-0.15, -0.1) is 11.3 Å². The van der Waals surface area contributed by atoms with Crippen LogP contribution in [0.3, 0.4) is 0 Å². The van der Waals surface area contributed by atoms with Gasteiger partial charge in [-0.1, -0.05) is 43.3 Å². The number of hydrogen-bond donors (Lipinski definition) is 1. The minimum atomic E-state index is -1.09. The van der Waals surface area contributed by atoms with Gasteiger partial charge < -0.3 is 14.7 Å². The number of carbonyl (C=O) groups is 3. The standard InChI is InChI=1S/C25H23NO5S/c1-13-10-18-14(2)15(3)26(24(28)22(18)20(11-13)31-16(4)27)19-12-21(32-23(19)25(29)30)17-8-6-5-7-9-17/h5-12,14-15H,1-4H3,(H,29,30)/t14-,15?/m0/s1. The van der Waals surface area contributed by atoms with E-state index >= 15 is 0 Å². The highest BCUT2D eigenvalue weighted by Gasteiger charge is 2.40. The van der Waals surface area contributed by atoms with Gasteiger partial charge in [-0.2, -0.15) is 0 Å². The maximum absolute atomic E-state index is 13.8. The monoisotopic (exact) mass is 449 g/mol. The average Bonchev–Trinajstić information content (AvgIpc) is 3.17. The highest BCUT2D eigenvalue weighted by Crippen LogP contribution is 2.44. The van der Waals surface area contributed by atoms with E-state index in [2.05, 4.69) is 0 Å². The highest BCUT2D eigenvalue weighted by atomic mass is 32.1. The molecule has 2 aromatic carbocycles. The molecule has 6 nitrogen and oxygen atoms in total. The number of rotatable bonds is 4. The zero-order valence-corrected chi connectivity index (χ0v) is 19.0. The van der Waals surface area contributed by atoms with Gasteiger partial charge in [0.2, 0.25) is 0 Å². The van der Waals surface area contributed by atoms with Crippen molar-refractivity contribution in [2.24, 2.45) is 0 Å². The van der Waals surface area contributed by atoms with Crippen LogP contribution in [0.1, 0.15) is 57.8 Å². The van der Waals surface area contributed by atoms with E-state index in [-0.39, 0.29) is 28.5 Å². The predicted molar refractivity (Wildman–Crippen MR) is 124 cm³/mol. The van der Waals surface area contributed by atoms with E-state index in [1.807, 2.05) is 57.2 Å². The van der Waals surface area contributed by atoms with Crippen LogP contribution in [-0.2, 0) is 4.79 Å². The number of carboxylic acids is 1. The van der Waals surface area contributed by atoms with Crippen LogP contribution in [-0.4, -0.2) is 29.0 Å².